The Hall–Kier alpha value is -2.02. The Balaban J connectivity index is 1.98. The van der Waals surface area contributed by atoms with E-state index >= 15 is 0 Å². The Labute approximate surface area is 148 Å². The van der Waals surface area contributed by atoms with E-state index in [1.165, 1.54) is 19.3 Å². The molecule has 0 amide bonds. The second kappa shape index (κ2) is 9.32. The fourth-order valence-corrected chi connectivity index (χ4v) is 3.00. The van der Waals surface area contributed by atoms with Crippen LogP contribution in [0.5, 0.6) is 17.2 Å². The van der Waals surface area contributed by atoms with Gasteiger partial charge in [0, 0.05) is 17.7 Å². The van der Waals surface area contributed by atoms with Gasteiger partial charge in [-0.25, -0.2) is 0 Å². The van der Waals surface area contributed by atoms with Crippen molar-refractivity contribution in [3.05, 3.63) is 17.7 Å². The molecule has 1 aromatic rings. The maximum absolute atomic E-state index is 5.36. The first kappa shape index (κ1) is 18.3. The van der Waals surface area contributed by atoms with Crippen molar-refractivity contribution in [1.29, 1.82) is 0 Å². The van der Waals surface area contributed by atoms with E-state index in [9.17, 15) is 0 Å². The number of nitrogens with zero attached hydrogens (tertiary/aromatic N) is 1. The molecule has 0 saturated heterocycles. The van der Waals surface area contributed by atoms with Crippen LogP contribution in [0.2, 0.25) is 0 Å². The lowest BCUT2D eigenvalue weighted by Gasteiger charge is -2.23. The minimum atomic E-state index is 0.449. The number of nitrogens with one attached hydrogen (secondary N) is 2. The number of methoxy groups -OCH3 is 3. The number of ether oxygens (including phenoxy) is 3. The van der Waals surface area contributed by atoms with Crippen LogP contribution in [0.1, 0.15) is 37.7 Å². The lowest BCUT2D eigenvalue weighted by Crippen LogP contribution is -2.40. The molecular formula is C17H25N3O3S. The van der Waals surface area contributed by atoms with Crippen molar-refractivity contribution >= 4 is 23.5 Å². The van der Waals surface area contributed by atoms with Crippen LogP contribution in [-0.4, -0.2) is 38.7 Å². The molecule has 0 spiro atoms. The smallest absolute Gasteiger partial charge is 0.187 e. The molecule has 1 aliphatic carbocycles. The van der Waals surface area contributed by atoms with Crippen molar-refractivity contribution in [1.82, 2.24) is 10.7 Å². The largest absolute Gasteiger partial charge is 0.496 e. The third-order valence-corrected chi connectivity index (χ3v) is 4.26. The Bertz CT molecular complexity index is 587. The molecule has 1 saturated carbocycles. The van der Waals surface area contributed by atoms with Gasteiger partial charge in [0.15, 0.2) is 16.6 Å². The second-order valence-electron chi connectivity index (χ2n) is 5.63. The van der Waals surface area contributed by atoms with Crippen LogP contribution in [0.3, 0.4) is 0 Å². The Kier molecular flexibility index (Phi) is 7.11. The van der Waals surface area contributed by atoms with Crippen molar-refractivity contribution in [2.75, 3.05) is 21.3 Å². The number of rotatable bonds is 6. The molecular weight excluding hydrogens is 326 g/mol. The van der Waals surface area contributed by atoms with E-state index in [1.54, 1.807) is 39.7 Å². The van der Waals surface area contributed by atoms with Gasteiger partial charge < -0.3 is 19.5 Å². The molecule has 0 atom stereocenters. The first-order chi connectivity index (χ1) is 11.7. The summed E-state index contributed by atoms with van der Waals surface area (Å²) < 4.78 is 15.9. The zero-order chi connectivity index (χ0) is 17.4. The lowest BCUT2D eigenvalue weighted by molar-refractivity contribution is 0.349. The second-order valence-corrected chi connectivity index (χ2v) is 6.04. The zero-order valence-corrected chi connectivity index (χ0v) is 15.2. The Morgan fingerprint density at radius 2 is 1.67 bits per heavy atom. The molecule has 0 aromatic heterocycles. The highest BCUT2D eigenvalue weighted by atomic mass is 32.1. The van der Waals surface area contributed by atoms with Crippen molar-refractivity contribution in [3.63, 3.8) is 0 Å². The summed E-state index contributed by atoms with van der Waals surface area (Å²) in [7, 11) is 4.77. The summed E-state index contributed by atoms with van der Waals surface area (Å²) in [5.41, 5.74) is 3.62. The fraction of sp³-hybridized carbons (Fsp3) is 0.529. The highest BCUT2D eigenvalue weighted by molar-refractivity contribution is 7.80. The predicted molar refractivity (Wildman–Crippen MR) is 99.4 cm³/mol. The molecule has 6 nitrogen and oxygen atoms in total. The summed E-state index contributed by atoms with van der Waals surface area (Å²) in [4.78, 5) is 0. The van der Waals surface area contributed by atoms with Crippen LogP contribution in [-0.2, 0) is 0 Å². The van der Waals surface area contributed by atoms with Gasteiger partial charge in [0.05, 0.1) is 27.5 Å². The van der Waals surface area contributed by atoms with Gasteiger partial charge in [0.2, 0.25) is 0 Å². The van der Waals surface area contributed by atoms with E-state index in [-0.39, 0.29) is 0 Å². The molecule has 0 aliphatic heterocycles. The summed E-state index contributed by atoms with van der Waals surface area (Å²) in [6, 6.07) is 4.02. The molecule has 132 valence electrons. The monoisotopic (exact) mass is 351 g/mol. The summed E-state index contributed by atoms with van der Waals surface area (Å²) in [5.74, 6) is 1.86. The average molecular weight is 351 g/mol. The van der Waals surface area contributed by atoms with E-state index in [0.717, 1.165) is 18.4 Å². The van der Waals surface area contributed by atoms with Crippen molar-refractivity contribution < 1.29 is 14.2 Å². The molecule has 0 heterocycles. The van der Waals surface area contributed by atoms with Crippen LogP contribution in [0.25, 0.3) is 0 Å². The highest BCUT2D eigenvalue weighted by Crippen LogP contribution is 2.33. The third-order valence-electron chi connectivity index (χ3n) is 4.05. The molecule has 24 heavy (non-hydrogen) atoms. The first-order valence-electron chi connectivity index (χ1n) is 8.07. The Morgan fingerprint density at radius 3 is 2.29 bits per heavy atom. The van der Waals surface area contributed by atoms with Crippen LogP contribution < -0.4 is 25.0 Å². The minimum Gasteiger partial charge on any atom is -0.496 e. The number of benzene rings is 1. The topological polar surface area (TPSA) is 64.1 Å². The fourth-order valence-electron chi connectivity index (χ4n) is 2.78. The van der Waals surface area contributed by atoms with Gasteiger partial charge in [-0.3, -0.25) is 5.43 Å². The summed E-state index contributed by atoms with van der Waals surface area (Å²) in [6.07, 6.45) is 7.80. The van der Waals surface area contributed by atoms with Gasteiger partial charge in [-0.05, 0) is 31.1 Å². The number of hydrazone groups is 1. The molecule has 0 bridgehead atoms. The van der Waals surface area contributed by atoms with Crippen LogP contribution in [0.15, 0.2) is 17.2 Å². The molecule has 1 fully saturated rings. The normalized spacial score (nSPS) is 15.1. The van der Waals surface area contributed by atoms with E-state index in [2.05, 4.69) is 15.8 Å². The summed E-state index contributed by atoms with van der Waals surface area (Å²) in [6.45, 7) is 0. The van der Waals surface area contributed by atoms with Gasteiger partial charge in [-0.2, -0.15) is 5.10 Å². The minimum absolute atomic E-state index is 0.449. The third kappa shape index (κ3) is 4.99. The first-order valence-corrected chi connectivity index (χ1v) is 8.48. The predicted octanol–water partition coefficient (Wildman–Crippen LogP) is 2.84. The molecule has 1 aromatic carbocycles. The van der Waals surface area contributed by atoms with Crippen LogP contribution in [0, 0.1) is 0 Å². The molecule has 1 aliphatic rings. The Morgan fingerprint density at radius 1 is 1.04 bits per heavy atom. The molecule has 0 unspecified atom stereocenters. The van der Waals surface area contributed by atoms with Gasteiger partial charge in [-0.15, -0.1) is 0 Å². The van der Waals surface area contributed by atoms with E-state index < -0.39 is 0 Å². The SMILES string of the molecule is COc1cc(OC)c(OC)cc1/C=N\NC(=S)NC1CCCCC1. The maximum Gasteiger partial charge on any atom is 0.187 e. The van der Waals surface area contributed by atoms with Crippen LogP contribution in [0.4, 0.5) is 0 Å². The number of thiocarbonyl (C=S) groups is 1. The zero-order valence-electron chi connectivity index (χ0n) is 14.4. The van der Waals surface area contributed by atoms with Crippen molar-refractivity contribution in [2.24, 2.45) is 5.10 Å². The lowest BCUT2D eigenvalue weighted by atomic mass is 9.96. The average Bonchev–Trinajstić information content (AvgIpc) is 2.62. The van der Waals surface area contributed by atoms with E-state index in [0.29, 0.717) is 28.4 Å². The van der Waals surface area contributed by atoms with Crippen LogP contribution >= 0.6 is 12.2 Å². The number of hydrogen-bond donors (Lipinski definition) is 2. The molecule has 0 radical (unpaired) electrons. The molecule has 7 heteroatoms. The van der Waals surface area contributed by atoms with Gasteiger partial charge in [0.1, 0.15) is 5.75 Å². The van der Waals surface area contributed by atoms with Gasteiger partial charge >= 0.3 is 0 Å². The van der Waals surface area contributed by atoms with E-state index in [1.807, 2.05) is 0 Å². The van der Waals surface area contributed by atoms with Crippen molar-refractivity contribution in [2.45, 2.75) is 38.1 Å². The molecule has 2 N–H and O–H groups in total. The van der Waals surface area contributed by atoms with Crippen molar-refractivity contribution in [3.8, 4) is 17.2 Å². The highest BCUT2D eigenvalue weighted by Gasteiger charge is 2.14. The quantitative estimate of drug-likeness (QED) is 0.467. The number of hydrogen-bond acceptors (Lipinski definition) is 5. The summed E-state index contributed by atoms with van der Waals surface area (Å²) in [5, 5.41) is 8.04. The summed E-state index contributed by atoms with van der Waals surface area (Å²) >= 11 is 5.29. The van der Waals surface area contributed by atoms with E-state index in [4.69, 9.17) is 26.4 Å². The standard InChI is InChI=1S/C17H25N3O3S/c1-21-14-10-16(23-3)15(22-2)9-12(14)11-18-20-17(24)19-13-7-5-4-6-8-13/h9-11,13H,4-8H2,1-3H3,(H2,19,20,24)/b18-11-. The van der Waals surface area contributed by atoms with Gasteiger partial charge in [-0.1, -0.05) is 19.3 Å². The molecule has 2 rings (SSSR count). The maximum atomic E-state index is 5.36. The van der Waals surface area contributed by atoms with Gasteiger partial charge in [0.25, 0.3) is 0 Å².